The lowest BCUT2D eigenvalue weighted by Crippen LogP contribution is -2.47. The third-order valence-electron chi connectivity index (χ3n) is 3.87. The number of aryl methyl sites for hydroxylation is 1. The van der Waals surface area contributed by atoms with Crippen LogP contribution in [0.15, 0.2) is 24.4 Å². The van der Waals surface area contributed by atoms with Crippen molar-refractivity contribution >= 4 is 22.3 Å². The molecule has 1 unspecified atom stereocenters. The molecule has 0 bridgehead atoms. The van der Waals surface area contributed by atoms with E-state index in [2.05, 4.69) is 10.3 Å². The lowest BCUT2D eigenvalue weighted by molar-refractivity contribution is -0.384. The zero-order valence-corrected chi connectivity index (χ0v) is 12.4. The zero-order chi connectivity index (χ0) is 16.6. The van der Waals surface area contributed by atoms with E-state index >= 15 is 0 Å². The number of halogens is 2. The van der Waals surface area contributed by atoms with Crippen LogP contribution in [-0.2, 0) is 4.74 Å². The molecule has 0 aliphatic carbocycles. The molecular weight excluding hydrogens is 308 g/mol. The van der Waals surface area contributed by atoms with E-state index in [4.69, 9.17) is 4.74 Å². The number of pyridine rings is 1. The summed E-state index contributed by atoms with van der Waals surface area (Å²) in [6.45, 7) is 1.31. The predicted molar refractivity (Wildman–Crippen MR) is 80.9 cm³/mol. The van der Waals surface area contributed by atoms with Crippen molar-refractivity contribution in [2.24, 2.45) is 0 Å². The Bertz CT molecular complexity index is 767. The van der Waals surface area contributed by atoms with Gasteiger partial charge in [-0.3, -0.25) is 10.1 Å². The summed E-state index contributed by atoms with van der Waals surface area (Å²) in [7, 11) is 0. The standard InChI is InChI=1S/C15H15F2N3O3/c1-9-2-3-11-10(6-9)14(12(7-18-11)20(21)22)19-13-4-5-23-8-15(13,16)17/h2-3,6-7,13H,4-5,8H2,1H3,(H,18,19). The Balaban J connectivity index is 2.11. The maximum atomic E-state index is 14.0. The second-order valence-electron chi connectivity index (χ2n) is 5.60. The van der Waals surface area contributed by atoms with Gasteiger partial charge in [-0.2, -0.15) is 0 Å². The summed E-state index contributed by atoms with van der Waals surface area (Å²) in [4.78, 5) is 14.7. The number of hydrogen-bond donors (Lipinski definition) is 1. The molecule has 0 saturated carbocycles. The normalized spacial score (nSPS) is 20.4. The molecule has 122 valence electrons. The Morgan fingerprint density at radius 3 is 2.96 bits per heavy atom. The minimum atomic E-state index is -3.09. The fourth-order valence-electron chi connectivity index (χ4n) is 2.66. The highest BCUT2D eigenvalue weighted by Crippen LogP contribution is 2.36. The quantitative estimate of drug-likeness (QED) is 0.693. The number of rotatable bonds is 3. The third kappa shape index (κ3) is 2.94. The minimum absolute atomic E-state index is 0.0692. The van der Waals surface area contributed by atoms with Crippen molar-refractivity contribution < 1.29 is 18.4 Å². The number of ether oxygens (including phenoxy) is 1. The van der Waals surface area contributed by atoms with Crippen LogP contribution in [0.1, 0.15) is 12.0 Å². The van der Waals surface area contributed by atoms with E-state index < -0.39 is 23.5 Å². The molecule has 1 fully saturated rings. The van der Waals surface area contributed by atoms with E-state index in [1.54, 1.807) is 12.1 Å². The molecule has 1 aliphatic rings. The van der Waals surface area contributed by atoms with E-state index in [1.807, 2.05) is 13.0 Å². The van der Waals surface area contributed by atoms with Crippen LogP contribution < -0.4 is 5.32 Å². The average Bonchev–Trinajstić information content (AvgIpc) is 2.49. The Kier molecular flexibility index (Phi) is 3.85. The van der Waals surface area contributed by atoms with Crippen molar-refractivity contribution in [3.05, 3.63) is 40.1 Å². The van der Waals surface area contributed by atoms with Crippen LogP contribution in [0.5, 0.6) is 0 Å². The Morgan fingerprint density at radius 2 is 2.26 bits per heavy atom. The van der Waals surface area contributed by atoms with Gasteiger partial charge in [-0.1, -0.05) is 11.6 Å². The van der Waals surface area contributed by atoms with Crippen molar-refractivity contribution in [1.82, 2.24) is 4.98 Å². The van der Waals surface area contributed by atoms with E-state index in [0.717, 1.165) is 11.8 Å². The number of nitro groups is 1. The molecule has 2 aromatic rings. The number of nitrogens with one attached hydrogen (secondary N) is 1. The van der Waals surface area contributed by atoms with Gasteiger partial charge in [0.2, 0.25) is 0 Å². The van der Waals surface area contributed by atoms with Crippen LogP contribution >= 0.6 is 0 Å². The largest absolute Gasteiger partial charge is 0.375 e. The minimum Gasteiger partial charge on any atom is -0.375 e. The van der Waals surface area contributed by atoms with Gasteiger partial charge < -0.3 is 10.1 Å². The van der Waals surface area contributed by atoms with Gasteiger partial charge in [-0.25, -0.2) is 13.8 Å². The summed E-state index contributed by atoms with van der Waals surface area (Å²) >= 11 is 0. The molecule has 6 nitrogen and oxygen atoms in total. The van der Waals surface area contributed by atoms with Gasteiger partial charge in [0, 0.05) is 12.0 Å². The second-order valence-corrected chi connectivity index (χ2v) is 5.60. The summed E-state index contributed by atoms with van der Waals surface area (Å²) in [6, 6.07) is 4.01. The fourth-order valence-corrected chi connectivity index (χ4v) is 2.66. The number of hydrogen-bond acceptors (Lipinski definition) is 5. The van der Waals surface area contributed by atoms with Crippen LogP contribution in [0.3, 0.4) is 0 Å². The first-order valence-corrected chi connectivity index (χ1v) is 7.14. The van der Waals surface area contributed by atoms with Gasteiger partial charge in [-0.15, -0.1) is 0 Å². The molecule has 3 rings (SSSR count). The number of nitrogens with zero attached hydrogens (tertiary/aromatic N) is 2. The van der Waals surface area contributed by atoms with Crippen LogP contribution in [-0.4, -0.2) is 35.1 Å². The molecule has 1 aromatic carbocycles. The zero-order valence-electron chi connectivity index (χ0n) is 12.4. The van der Waals surface area contributed by atoms with E-state index in [1.165, 1.54) is 0 Å². The highest BCUT2D eigenvalue weighted by Gasteiger charge is 2.43. The molecule has 1 aromatic heterocycles. The molecule has 1 saturated heterocycles. The molecule has 8 heteroatoms. The molecule has 1 atom stereocenters. The van der Waals surface area contributed by atoms with Gasteiger partial charge in [-0.05, 0) is 25.5 Å². The summed E-state index contributed by atoms with van der Waals surface area (Å²) in [6.07, 6.45) is 1.16. The fraction of sp³-hybridized carbons (Fsp3) is 0.400. The maximum Gasteiger partial charge on any atom is 0.311 e. The molecule has 0 spiro atoms. The number of alkyl halides is 2. The van der Waals surface area contributed by atoms with Crippen LogP contribution in [0.4, 0.5) is 20.2 Å². The van der Waals surface area contributed by atoms with Crippen molar-refractivity contribution in [3.63, 3.8) is 0 Å². The number of fused-ring (bicyclic) bond motifs is 1. The molecule has 1 aliphatic heterocycles. The van der Waals surface area contributed by atoms with Crippen LogP contribution in [0, 0.1) is 17.0 Å². The Hall–Kier alpha value is -2.35. The van der Waals surface area contributed by atoms with Gasteiger partial charge in [0.1, 0.15) is 18.5 Å². The van der Waals surface area contributed by atoms with Gasteiger partial charge in [0.15, 0.2) is 0 Å². The molecule has 23 heavy (non-hydrogen) atoms. The second kappa shape index (κ2) is 5.69. The van der Waals surface area contributed by atoms with Gasteiger partial charge >= 0.3 is 5.69 Å². The molecule has 1 N–H and O–H groups in total. The number of aromatic nitrogens is 1. The van der Waals surface area contributed by atoms with Crippen molar-refractivity contribution in [1.29, 1.82) is 0 Å². The summed E-state index contributed by atoms with van der Waals surface area (Å²) in [5.74, 6) is -3.09. The number of anilines is 1. The van der Waals surface area contributed by atoms with Crippen LogP contribution in [0.2, 0.25) is 0 Å². The predicted octanol–water partition coefficient (Wildman–Crippen LogP) is 3.29. The monoisotopic (exact) mass is 323 g/mol. The first-order valence-electron chi connectivity index (χ1n) is 7.14. The Morgan fingerprint density at radius 1 is 1.48 bits per heavy atom. The van der Waals surface area contributed by atoms with Crippen molar-refractivity contribution in [2.45, 2.75) is 25.3 Å². The highest BCUT2D eigenvalue weighted by molar-refractivity contribution is 5.96. The van der Waals surface area contributed by atoms with Crippen LogP contribution in [0.25, 0.3) is 10.9 Å². The van der Waals surface area contributed by atoms with Gasteiger partial charge in [0.05, 0.1) is 16.5 Å². The summed E-state index contributed by atoms with van der Waals surface area (Å²) in [5, 5.41) is 14.4. The van der Waals surface area contributed by atoms with E-state index in [0.29, 0.717) is 10.9 Å². The first kappa shape index (κ1) is 15.5. The smallest absolute Gasteiger partial charge is 0.311 e. The van der Waals surface area contributed by atoms with E-state index in [-0.39, 0.29) is 24.4 Å². The van der Waals surface area contributed by atoms with E-state index in [9.17, 15) is 18.9 Å². The lowest BCUT2D eigenvalue weighted by atomic mass is 10.0. The maximum absolute atomic E-state index is 14.0. The third-order valence-corrected chi connectivity index (χ3v) is 3.87. The average molecular weight is 323 g/mol. The van der Waals surface area contributed by atoms with Crippen molar-refractivity contribution in [3.8, 4) is 0 Å². The molecule has 2 heterocycles. The topological polar surface area (TPSA) is 77.3 Å². The van der Waals surface area contributed by atoms with Gasteiger partial charge in [0.25, 0.3) is 5.92 Å². The molecule has 0 radical (unpaired) electrons. The first-order chi connectivity index (χ1) is 10.9. The van der Waals surface area contributed by atoms with Crippen molar-refractivity contribution in [2.75, 3.05) is 18.5 Å². The molecular formula is C15H15F2N3O3. The number of benzene rings is 1. The summed E-state index contributed by atoms with van der Waals surface area (Å²) < 4.78 is 32.8. The lowest BCUT2D eigenvalue weighted by Gasteiger charge is -2.32. The molecule has 0 amide bonds. The highest BCUT2D eigenvalue weighted by atomic mass is 19.3. The Labute approximate surface area is 130 Å². The SMILES string of the molecule is Cc1ccc2ncc([N+](=O)[O-])c(NC3CCOCC3(F)F)c2c1. The summed E-state index contributed by atoms with van der Waals surface area (Å²) in [5.41, 5.74) is 1.14.